The molecule has 0 atom stereocenters. The third-order valence-corrected chi connectivity index (χ3v) is 3.35. The van der Waals surface area contributed by atoms with Gasteiger partial charge >= 0.3 is 5.97 Å². The Bertz CT molecular complexity index is 498. The number of pyridine rings is 1. The van der Waals surface area contributed by atoms with Gasteiger partial charge in [-0.25, -0.2) is 9.78 Å². The average molecular weight is 265 g/mol. The molecule has 19 heavy (non-hydrogen) atoms. The summed E-state index contributed by atoms with van der Waals surface area (Å²) >= 11 is 0. The number of rotatable bonds is 5. The Labute approximate surface area is 109 Å². The summed E-state index contributed by atoms with van der Waals surface area (Å²) in [6.07, 6.45) is 5.73. The molecule has 0 bridgehead atoms. The van der Waals surface area contributed by atoms with E-state index < -0.39 is 10.9 Å². The lowest BCUT2D eigenvalue weighted by molar-refractivity contribution is -0.385. The molecule has 0 spiro atoms. The largest absolute Gasteiger partial charge is 0.478 e. The van der Waals surface area contributed by atoms with Crippen molar-refractivity contribution in [3.63, 3.8) is 0 Å². The van der Waals surface area contributed by atoms with E-state index in [9.17, 15) is 14.9 Å². The molecule has 7 nitrogen and oxygen atoms in total. The number of aromatic carboxylic acids is 1. The fourth-order valence-electron chi connectivity index (χ4n) is 2.31. The van der Waals surface area contributed by atoms with Crippen molar-refractivity contribution in [3.05, 3.63) is 27.9 Å². The van der Waals surface area contributed by atoms with E-state index >= 15 is 0 Å². The number of carbonyl (C=O) groups is 1. The number of anilines is 1. The molecule has 1 heterocycles. The van der Waals surface area contributed by atoms with Crippen molar-refractivity contribution in [2.45, 2.75) is 25.7 Å². The van der Waals surface area contributed by atoms with Gasteiger partial charge in [0.05, 0.1) is 4.92 Å². The minimum absolute atomic E-state index is 0.160. The Kier molecular flexibility index (Phi) is 3.94. The number of carboxylic acids is 1. The Morgan fingerprint density at radius 2 is 2.21 bits per heavy atom. The summed E-state index contributed by atoms with van der Waals surface area (Å²) < 4.78 is 0. The highest BCUT2D eigenvalue weighted by atomic mass is 16.6. The molecule has 1 fully saturated rings. The third kappa shape index (κ3) is 3.18. The molecule has 1 aromatic rings. The maximum Gasteiger partial charge on any atom is 0.339 e. The van der Waals surface area contributed by atoms with Crippen molar-refractivity contribution in [2.24, 2.45) is 5.92 Å². The first-order valence-corrected chi connectivity index (χ1v) is 6.19. The van der Waals surface area contributed by atoms with E-state index in [-0.39, 0.29) is 17.1 Å². The van der Waals surface area contributed by atoms with Gasteiger partial charge in [-0.05, 0) is 18.8 Å². The van der Waals surface area contributed by atoms with Crippen molar-refractivity contribution >= 4 is 17.5 Å². The molecule has 0 radical (unpaired) electrons. The number of nitrogens with one attached hydrogen (secondary N) is 1. The highest BCUT2D eigenvalue weighted by molar-refractivity contribution is 5.93. The minimum atomic E-state index is -1.22. The topological polar surface area (TPSA) is 105 Å². The molecule has 0 amide bonds. The highest BCUT2D eigenvalue weighted by Crippen LogP contribution is 2.26. The van der Waals surface area contributed by atoms with Gasteiger partial charge in [-0.2, -0.15) is 0 Å². The van der Waals surface area contributed by atoms with Gasteiger partial charge < -0.3 is 10.4 Å². The van der Waals surface area contributed by atoms with Crippen LogP contribution in [-0.2, 0) is 0 Å². The van der Waals surface area contributed by atoms with Gasteiger partial charge in [0.2, 0.25) is 0 Å². The van der Waals surface area contributed by atoms with Crippen molar-refractivity contribution in [1.29, 1.82) is 0 Å². The molecule has 7 heteroatoms. The van der Waals surface area contributed by atoms with Crippen LogP contribution in [0.15, 0.2) is 12.3 Å². The zero-order valence-corrected chi connectivity index (χ0v) is 10.3. The van der Waals surface area contributed by atoms with Gasteiger partial charge in [0.1, 0.15) is 17.6 Å². The molecule has 0 unspecified atom stereocenters. The molecule has 0 saturated heterocycles. The smallest absolute Gasteiger partial charge is 0.339 e. The predicted octanol–water partition coefficient (Wildman–Crippen LogP) is 2.29. The second-order valence-electron chi connectivity index (χ2n) is 4.68. The first-order valence-electron chi connectivity index (χ1n) is 6.19. The van der Waals surface area contributed by atoms with E-state index in [0.29, 0.717) is 12.5 Å². The van der Waals surface area contributed by atoms with Crippen LogP contribution in [0.1, 0.15) is 36.0 Å². The van der Waals surface area contributed by atoms with Crippen LogP contribution in [0.4, 0.5) is 11.5 Å². The van der Waals surface area contributed by atoms with Crippen LogP contribution in [0.5, 0.6) is 0 Å². The summed E-state index contributed by atoms with van der Waals surface area (Å²) in [5.74, 6) is -0.492. The molecule has 1 aliphatic rings. The summed E-state index contributed by atoms with van der Waals surface area (Å²) in [5, 5.41) is 22.7. The zero-order valence-electron chi connectivity index (χ0n) is 10.3. The maximum absolute atomic E-state index is 11.1. The van der Waals surface area contributed by atoms with E-state index in [4.69, 9.17) is 5.11 Å². The average Bonchev–Trinajstić information content (AvgIpc) is 2.89. The first-order chi connectivity index (χ1) is 9.08. The van der Waals surface area contributed by atoms with Crippen molar-refractivity contribution < 1.29 is 14.8 Å². The van der Waals surface area contributed by atoms with E-state index in [2.05, 4.69) is 10.3 Å². The van der Waals surface area contributed by atoms with Crippen LogP contribution < -0.4 is 5.32 Å². The monoisotopic (exact) mass is 265 g/mol. The number of aromatic nitrogens is 1. The lowest BCUT2D eigenvalue weighted by atomic mass is 10.1. The van der Waals surface area contributed by atoms with E-state index in [1.807, 2.05) is 0 Å². The molecule has 0 aliphatic heterocycles. The molecule has 2 N–H and O–H groups in total. The number of carboxylic acid groups (broad SMARTS) is 1. The fourth-order valence-corrected chi connectivity index (χ4v) is 2.31. The summed E-state index contributed by atoms with van der Waals surface area (Å²) in [4.78, 5) is 24.9. The van der Waals surface area contributed by atoms with Crippen LogP contribution in [0.25, 0.3) is 0 Å². The molecule has 102 valence electrons. The number of hydrogen-bond acceptors (Lipinski definition) is 5. The summed E-state index contributed by atoms with van der Waals surface area (Å²) in [7, 11) is 0. The predicted molar refractivity (Wildman–Crippen MR) is 68.3 cm³/mol. The molecule has 2 rings (SSSR count). The molecule has 1 aromatic heterocycles. The molecule has 1 saturated carbocycles. The SMILES string of the molecule is O=C(O)c1cc([N+](=O)[O-])cnc1NCC1CCCC1. The summed E-state index contributed by atoms with van der Waals surface area (Å²) in [5.41, 5.74) is -0.476. The first kappa shape index (κ1) is 13.3. The van der Waals surface area contributed by atoms with E-state index in [0.717, 1.165) is 25.1 Å². The number of nitro groups is 1. The van der Waals surface area contributed by atoms with Crippen molar-refractivity contribution in [2.75, 3.05) is 11.9 Å². The van der Waals surface area contributed by atoms with Gasteiger partial charge in [-0.3, -0.25) is 10.1 Å². The lowest BCUT2D eigenvalue weighted by Gasteiger charge is -2.12. The van der Waals surface area contributed by atoms with Crippen molar-refractivity contribution in [1.82, 2.24) is 4.98 Å². The standard InChI is InChI=1S/C12H15N3O4/c16-12(17)10-5-9(15(18)19)7-14-11(10)13-6-8-3-1-2-4-8/h5,7-8H,1-4,6H2,(H,13,14)(H,16,17). The van der Waals surface area contributed by atoms with Gasteiger partial charge in [0, 0.05) is 12.6 Å². The van der Waals surface area contributed by atoms with Crippen LogP contribution in [0.3, 0.4) is 0 Å². The Balaban J connectivity index is 2.14. The maximum atomic E-state index is 11.1. The van der Waals surface area contributed by atoms with Crippen LogP contribution in [0.2, 0.25) is 0 Å². The van der Waals surface area contributed by atoms with Crippen LogP contribution in [-0.4, -0.2) is 27.5 Å². The molecule has 0 aromatic carbocycles. The minimum Gasteiger partial charge on any atom is -0.478 e. The second-order valence-corrected chi connectivity index (χ2v) is 4.68. The third-order valence-electron chi connectivity index (χ3n) is 3.35. The quantitative estimate of drug-likeness (QED) is 0.625. The fraction of sp³-hybridized carbons (Fsp3) is 0.500. The zero-order chi connectivity index (χ0) is 13.8. The molecular weight excluding hydrogens is 250 g/mol. The normalized spacial score (nSPS) is 15.4. The Morgan fingerprint density at radius 3 is 2.79 bits per heavy atom. The van der Waals surface area contributed by atoms with E-state index in [1.165, 1.54) is 12.8 Å². The van der Waals surface area contributed by atoms with Gasteiger partial charge in [-0.1, -0.05) is 12.8 Å². The number of nitrogens with zero attached hydrogens (tertiary/aromatic N) is 2. The van der Waals surface area contributed by atoms with Gasteiger partial charge in [-0.15, -0.1) is 0 Å². The van der Waals surface area contributed by atoms with Crippen LogP contribution in [0, 0.1) is 16.0 Å². The number of hydrogen-bond donors (Lipinski definition) is 2. The van der Waals surface area contributed by atoms with Crippen molar-refractivity contribution in [3.8, 4) is 0 Å². The van der Waals surface area contributed by atoms with Gasteiger partial charge in [0.25, 0.3) is 5.69 Å². The van der Waals surface area contributed by atoms with Gasteiger partial charge in [0.15, 0.2) is 0 Å². The Hall–Kier alpha value is -2.18. The van der Waals surface area contributed by atoms with Crippen LogP contribution >= 0.6 is 0 Å². The highest BCUT2D eigenvalue weighted by Gasteiger charge is 2.19. The Morgan fingerprint density at radius 1 is 1.53 bits per heavy atom. The molecule has 1 aliphatic carbocycles. The summed E-state index contributed by atoms with van der Waals surface area (Å²) in [6.45, 7) is 0.658. The molecular formula is C12H15N3O4. The second kappa shape index (κ2) is 5.64. The van der Waals surface area contributed by atoms with E-state index in [1.54, 1.807) is 0 Å². The summed E-state index contributed by atoms with van der Waals surface area (Å²) in [6, 6.07) is 1.03. The lowest BCUT2D eigenvalue weighted by Crippen LogP contribution is -2.15.